The minimum atomic E-state index is -4.01. The molecule has 26 heavy (non-hydrogen) atoms. The van der Waals surface area contributed by atoms with Crippen molar-refractivity contribution in [2.45, 2.75) is 17.9 Å². The van der Waals surface area contributed by atoms with Gasteiger partial charge in [-0.2, -0.15) is 0 Å². The van der Waals surface area contributed by atoms with Crippen molar-refractivity contribution in [1.82, 2.24) is 5.32 Å². The number of guanidine groups is 4. The zero-order valence-corrected chi connectivity index (χ0v) is 16.1. The maximum Gasteiger partial charge on any atom is 0.555 e. The lowest BCUT2D eigenvalue weighted by atomic mass is 10.1. The van der Waals surface area contributed by atoms with Crippen molar-refractivity contribution in [3.8, 4) is 0 Å². The van der Waals surface area contributed by atoms with Gasteiger partial charge in [-0.1, -0.05) is 0 Å². The lowest BCUT2D eigenvalue weighted by molar-refractivity contribution is 0.0669. The third-order valence-corrected chi connectivity index (χ3v) is 6.45. The molecule has 0 aliphatic rings. The van der Waals surface area contributed by atoms with Crippen molar-refractivity contribution in [3.05, 3.63) is 0 Å². The number of aliphatic imine (C=N–C) groups is 3. The van der Waals surface area contributed by atoms with E-state index in [2.05, 4.69) is 20.3 Å². The van der Waals surface area contributed by atoms with E-state index >= 15 is 0 Å². The molecule has 1 unspecified atom stereocenters. The molecule has 0 radical (unpaired) electrons. The summed E-state index contributed by atoms with van der Waals surface area (Å²) in [5, 5.41) is 8.17. The molecule has 0 spiro atoms. The zero-order chi connectivity index (χ0) is 20.8. The molecule has 1 atom stereocenters. The smallest absolute Gasteiger partial charge is 0.374 e. The van der Waals surface area contributed by atoms with Crippen LogP contribution in [0.2, 0.25) is 0 Å². The third kappa shape index (κ3) is 4.42. The van der Waals surface area contributed by atoms with Gasteiger partial charge in [0.15, 0.2) is 23.8 Å². The zero-order valence-electron chi connectivity index (χ0n) is 15.1. The maximum atomic E-state index is 7.69. The van der Waals surface area contributed by atoms with E-state index in [1.165, 1.54) is 28.3 Å². The second kappa shape index (κ2) is 8.51. The van der Waals surface area contributed by atoms with E-state index < -0.39 is 43.6 Å². The van der Waals surface area contributed by atoms with Crippen LogP contribution in [0.1, 0.15) is 6.92 Å². The molecule has 16 N–H and O–H groups in total. The van der Waals surface area contributed by atoms with Crippen molar-refractivity contribution < 1.29 is 13.3 Å². The van der Waals surface area contributed by atoms with E-state index in [-0.39, 0.29) is 0 Å². The Morgan fingerprint density at radius 3 is 1.38 bits per heavy atom. The van der Waals surface area contributed by atoms with Crippen LogP contribution in [0.5, 0.6) is 0 Å². The maximum absolute atomic E-state index is 7.69. The predicted molar refractivity (Wildman–Crippen MR) is 100 cm³/mol. The number of nitrogens with one attached hydrogen (secondary N) is 2. The molecule has 15 nitrogen and oxygen atoms in total. The summed E-state index contributed by atoms with van der Waals surface area (Å²) in [7, 11) is -0.206. The van der Waals surface area contributed by atoms with Gasteiger partial charge < -0.3 is 58.7 Å². The Balaban J connectivity index is 7.38. The summed E-state index contributed by atoms with van der Waals surface area (Å²) in [5.74, 6) is -1.92. The van der Waals surface area contributed by atoms with Gasteiger partial charge in [0.25, 0.3) is 5.29 Å². The van der Waals surface area contributed by atoms with Crippen LogP contribution in [0.15, 0.2) is 15.0 Å². The lowest BCUT2D eigenvalue weighted by Gasteiger charge is -2.47. The minimum Gasteiger partial charge on any atom is -0.374 e. The van der Waals surface area contributed by atoms with Crippen LogP contribution >= 0.6 is 0 Å². The summed E-state index contributed by atoms with van der Waals surface area (Å²) in [6, 6.07) is 0. The van der Waals surface area contributed by atoms with E-state index in [4.69, 9.17) is 58.8 Å². The first kappa shape index (κ1) is 23.2. The molecule has 0 bridgehead atoms. The van der Waals surface area contributed by atoms with Gasteiger partial charge in [0.1, 0.15) is 0 Å². The van der Waals surface area contributed by atoms with Gasteiger partial charge in [-0.3, -0.25) is 5.41 Å². The predicted octanol–water partition coefficient (Wildman–Crippen LogP) is -4.88. The second-order valence-electron chi connectivity index (χ2n) is 5.05. The molecule has 150 valence electrons. The Morgan fingerprint density at radius 2 is 1.15 bits per heavy atom. The average Bonchev–Trinajstić information content (AvgIpc) is 2.46. The molecule has 0 rings (SSSR count). The van der Waals surface area contributed by atoms with Gasteiger partial charge in [-0.15, -0.1) is 0 Å². The summed E-state index contributed by atoms with van der Waals surface area (Å²) >= 11 is 0. The molecule has 0 aliphatic carbocycles. The third-order valence-electron chi connectivity index (χ3n) is 3.24. The van der Waals surface area contributed by atoms with Gasteiger partial charge in [0.05, 0.1) is 0 Å². The van der Waals surface area contributed by atoms with Gasteiger partial charge in [0, 0.05) is 21.3 Å². The van der Waals surface area contributed by atoms with Crippen LogP contribution in [-0.2, 0) is 13.3 Å². The van der Waals surface area contributed by atoms with E-state index in [1.807, 2.05) is 0 Å². The summed E-state index contributed by atoms with van der Waals surface area (Å²) in [4.78, 5) is 12.2. The fraction of sp³-hybridized carbons (Fsp3) is 0.600. The molecule has 0 heterocycles. The van der Waals surface area contributed by atoms with Crippen molar-refractivity contribution in [2.75, 3.05) is 21.3 Å². The highest BCUT2D eigenvalue weighted by molar-refractivity contribution is 6.65. The second-order valence-corrected chi connectivity index (χ2v) is 8.11. The Bertz CT molecular complexity index is 566. The van der Waals surface area contributed by atoms with Crippen molar-refractivity contribution in [2.24, 2.45) is 55.1 Å². The minimum absolute atomic E-state index is 0.427. The van der Waals surface area contributed by atoms with E-state index in [0.29, 0.717) is 0 Å². The molecule has 0 aromatic heterocycles. The number of hydrogen-bond donors (Lipinski definition) is 9. The number of hydrogen-bond acceptors (Lipinski definition) is 7. The largest absolute Gasteiger partial charge is 0.555 e. The van der Waals surface area contributed by atoms with Crippen LogP contribution in [0, 0.1) is 5.41 Å². The summed E-state index contributed by atoms with van der Waals surface area (Å²) in [6.07, 6.45) is 0. The van der Waals surface area contributed by atoms with Crippen molar-refractivity contribution >= 4 is 32.6 Å². The van der Waals surface area contributed by atoms with Crippen molar-refractivity contribution in [1.29, 1.82) is 5.41 Å². The highest BCUT2D eigenvalue weighted by Gasteiger charge is 2.71. The Morgan fingerprint density at radius 1 is 0.808 bits per heavy atom. The molecule has 0 aromatic carbocycles. The van der Waals surface area contributed by atoms with Gasteiger partial charge in [0.2, 0.25) is 5.66 Å². The number of nitrogens with zero attached hydrogens (tertiary/aromatic N) is 3. The summed E-state index contributed by atoms with van der Waals surface area (Å²) in [5.41, 5.74) is 36.9. The highest BCUT2D eigenvalue weighted by atomic mass is 28.4. The molecule has 0 aromatic rings. The van der Waals surface area contributed by atoms with E-state index in [0.717, 1.165) is 0 Å². The topological polar surface area (TPSA) is 283 Å². The fourth-order valence-electron chi connectivity index (χ4n) is 2.46. The summed E-state index contributed by atoms with van der Waals surface area (Å²) in [6.45, 7) is 1.35. The average molecular weight is 393 g/mol. The van der Waals surface area contributed by atoms with Crippen LogP contribution in [0.3, 0.4) is 0 Å². The fourth-order valence-corrected chi connectivity index (χ4v) is 5.09. The van der Waals surface area contributed by atoms with Crippen LogP contribution in [0.4, 0.5) is 0 Å². The number of rotatable bonds is 9. The SMILES string of the molecule is CO[Si](OC)(OC)C(N=C(N)N)(NC(=N)N)C(C)(N=C(N)N)N=C(N)N. The van der Waals surface area contributed by atoms with Gasteiger partial charge >= 0.3 is 8.80 Å². The number of nitrogens with two attached hydrogens (primary N) is 7. The standard InChI is InChI=1S/C10H28N12O3Si/c1-9(19-5(11)12,20-6(13)14)10(21-7(15)16,22-8(17)18)26(23-2,24-3)25-4/h1-4H3,(H4,11,12,19)(H4,13,14,20)(H4,15,16,21)(H4,17,18,22). The molecular weight excluding hydrogens is 364 g/mol. The highest BCUT2D eigenvalue weighted by Crippen LogP contribution is 2.38. The first-order valence-electron chi connectivity index (χ1n) is 6.95. The monoisotopic (exact) mass is 392 g/mol. The molecule has 0 fully saturated rings. The van der Waals surface area contributed by atoms with E-state index in [9.17, 15) is 0 Å². The Kier molecular flexibility index (Phi) is 7.59. The Labute approximate surface area is 151 Å². The first-order chi connectivity index (χ1) is 11.8. The van der Waals surface area contributed by atoms with E-state index in [1.54, 1.807) is 0 Å². The lowest BCUT2D eigenvalue weighted by Crippen LogP contribution is -2.79. The first-order valence-corrected chi connectivity index (χ1v) is 8.67. The summed E-state index contributed by atoms with van der Waals surface area (Å²) < 4.78 is 16.4. The molecule has 0 saturated heterocycles. The molecule has 0 amide bonds. The Hall–Kier alpha value is -2.82. The van der Waals surface area contributed by atoms with Gasteiger partial charge in [-0.05, 0) is 6.92 Å². The van der Waals surface area contributed by atoms with Gasteiger partial charge in [-0.25, -0.2) is 15.0 Å². The molecular formula is C10H28N12O3Si. The molecule has 0 aliphatic heterocycles. The molecule has 16 heteroatoms. The molecule has 0 saturated carbocycles. The van der Waals surface area contributed by atoms with Crippen molar-refractivity contribution in [3.63, 3.8) is 0 Å². The van der Waals surface area contributed by atoms with Crippen LogP contribution in [-0.4, -0.2) is 64.9 Å². The van der Waals surface area contributed by atoms with Crippen LogP contribution in [0.25, 0.3) is 0 Å². The quantitative estimate of drug-likeness (QED) is 0.102. The van der Waals surface area contributed by atoms with Crippen LogP contribution < -0.4 is 45.5 Å². The normalized spacial score (nSPS) is 13.8.